The third-order valence-electron chi connectivity index (χ3n) is 6.00. The molecule has 1 fully saturated rings. The summed E-state index contributed by atoms with van der Waals surface area (Å²) in [6.07, 6.45) is 13.2. The zero-order valence-electron chi connectivity index (χ0n) is 17.9. The van der Waals surface area contributed by atoms with Crippen LogP contribution in [0.2, 0.25) is 0 Å². The number of thiophene rings is 1. The highest BCUT2D eigenvalue weighted by Gasteiger charge is 2.27. The normalized spacial score (nSPS) is 17.1. The van der Waals surface area contributed by atoms with Crippen LogP contribution in [0.5, 0.6) is 5.75 Å². The molecule has 0 bridgehead atoms. The topological polar surface area (TPSA) is 50.7 Å². The number of nitrogens with one attached hydrogen (secondary N) is 1. The third-order valence-corrected chi connectivity index (χ3v) is 7.20. The number of aryl methyl sites for hydroxylation is 1. The average Bonchev–Trinajstić information content (AvgIpc) is 3.16. The summed E-state index contributed by atoms with van der Waals surface area (Å²) in [5, 5.41) is 4.18. The summed E-state index contributed by atoms with van der Waals surface area (Å²) in [6.45, 7) is 2.83. The van der Waals surface area contributed by atoms with Crippen molar-refractivity contribution in [2.75, 3.05) is 6.61 Å². The van der Waals surface area contributed by atoms with E-state index in [1.54, 1.807) is 11.3 Å². The number of rotatable bonds is 7. The molecule has 30 heavy (non-hydrogen) atoms. The highest BCUT2D eigenvalue weighted by atomic mass is 32.1. The van der Waals surface area contributed by atoms with Gasteiger partial charge in [0.1, 0.15) is 10.8 Å². The second kappa shape index (κ2) is 10.3. The number of benzene rings is 1. The van der Waals surface area contributed by atoms with Crippen LogP contribution in [-0.2, 0) is 12.8 Å². The number of ether oxygens (including phenoxy) is 1. The molecular weight excluding hydrogens is 392 g/mol. The van der Waals surface area contributed by atoms with Crippen molar-refractivity contribution in [1.29, 1.82) is 0 Å². The quantitative estimate of drug-likeness (QED) is 0.536. The first-order chi connectivity index (χ1) is 14.7. The number of carbonyl (C=O) groups excluding carboxylic acids is 1. The van der Waals surface area contributed by atoms with Crippen molar-refractivity contribution in [3.63, 3.8) is 0 Å². The van der Waals surface area contributed by atoms with Crippen LogP contribution in [0.25, 0.3) is 0 Å². The van der Waals surface area contributed by atoms with Gasteiger partial charge in [-0.3, -0.25) is 4.79 Å². The van der Waals surface area contributed by atoms with Crippen LogP contribution in [0.1, 0.15) is 84.7 Å². The predicted octanol–water partition coefficient (Wildman–Crippen LogP) is 6.23. The van der Waals surface area contributed by atoms with Crippen molar-refractivity contribution in [2.45, 2.75) is 77.2 Å². The molecule has 160 valence electrons. The van der Waals surface area contributed by atoms with Gasteiger partial charge in [-0.15, -0.1) is 11.3 Å². The van der Waals surface area contributed by atoms with E-state index in [1.165, 1.54) is 36.1 Å². The molecule has 0 unspecified atom stereocenters. The van der Waals surface area contributed by atoms with Crippen molar-refractivity contribution < 1.29 is 9.53 Å². The van der Waals surface area contributed by atoms with E-state index in [2.05, 4.69) is 12.2 Å². The average molecular weight is 425 g/mol. The number of hydrogen-bond donors (Lipinski definition) is 1. The summed E-state index contributed by atoms with van der Waals surface area (Å²) in [7, 11) is 0. The Balaban J connectivity index is 1.54. The maximum absolute atomic E-state index is 13.2. The van der Waals surface area contributed by atoms with Gasteiger partial charge in [0.15, 0.2) is 0 Å². The predicted molar refractivity (Wildman–Crippen MR) is 125 cm³/mol. The van der Waals surface area contributed by atoms with Gasteiger partial charge < -0.3 is 10.1 Å². The monoisotopic (exact) mass is 424 g/mol. The molecule has 0 saturated heterocycles. The second-order valence-electron chi connectivity index (χ2n) is 8.38. The van der Waals surface area contributed by atoms with Crippen LogP contribution in [0, 0.1) is 0 Å². The number of amides is 1. The lowest BCUT2D eigenvalue weighted by atomic mass is 9.93. The molecule has 1 saturated carbocycles. The summed E-state index contributed by atoms with van der Waals surface area (Å²) < 4.78 is 5.66. The Kier molecular flexibility index (Phi) is 7.21. The second-order valence-corrected chi connectivity index (χ2v) is 9.46. The number of aliphatic imine (C=N–C) groups is 1. The van der Waals surface area contributed by atoms with Crippen molar-refractivity contribution in [1.82, 2.24) is 5.32 Å². The van der Waals surface area contributed by atoms with E-state index in [4.69, 9.17) is 9.73 Å². The highest BCUT2D eigenvalue weighted by Crippen LogP contribution is 2.40. The fraction of sp³-hybridized carbons (Fsp3) is 0.520. The van der Waals surface area contributed by atoms with E-state index in [1.807, 2.05) is 30.5 Å². The zero-order valence-corrected chi connectivity index (χ0v) is 18.7. The summed E-state index contributed by atoms with van der Waals surface area (Å²) in [5.74, 6) is 0.963. The van der Waals surface area contributed by atoms with E-state index >= 15 is 0 Å². The molecule has 4 rings (SSSR count). The van der Waals surface area contributed by atoms with E-state index in [0.29, 0.717) is 6.04 Å². The standard InChI is InChI=1S/C25H32N2O2S/c1-2-16-29-20-14-12-18(13-15-20)17-26-25-23(21-10-6-7-11-22(21)30-25)24(28)27-19-8-4-3-5-9-19/h12-15,17,19H,2-11,16H2,1H3,(H,27,28). The largest absolute Gasteiger partial charge is 0.494 e. The Morgan fingerprint density at radius 3 is 2.67 bits per heavy atom. The minimum Gasteiger partial charge on any atom is -0.494 e. The van der Waals surface area contributed by atoms with E-state index in [0.717, 1.165) is 67.0 Å². The van der Waals surface area contributed by atoms with Crippen molar-refractivity contribution in [2.24, 2.45) is 4.99 Å². The molecule has 0 radical (unpaired) electrons. The van der Waals surface area contributed by atoms with Crippen molar-refractivity contribution in [3.05, 3.63) is 45.8 Å². The zero-order chi connectivity index (χ0) is 20.8. The third kappa shape index (κ3) is 5.12. The van der Waals surface area contributed by atoms with E-state index in [9.17, 15) is 4.79 Å². The molecule has 2 aliphatic rings. The van der Waals surface area contributed by atoms with Gasteiger partial charge in [0.25, 0.3) is 5.91 Å². The lowest BCUT2D eigenvalue weighted by molar-refractivity contribution is 0.0927. The lowest BCUT2D eigenvalue weighted by Gasteiger charge is -2.23. The number of fused-ring (bicyclic) bond motifs is 1. The first kappa shape index (κ1) is 21.1. The van der Waals surface area contributed by atoms with Gasteiger partial charge in [-0.1, -0.05) is 26.2 Å². The van der Waals surface area contributed by atoms with E-state index in [-0.39, 0.29) is 5.91 Å². The Bertz CT molecular complexity index is 879. The number of hydrogen-bond acceptors (Lipinski definition) is 4. The Labute approximate surface area is 183 Å². The molecule has 0 spiro atoms. The molecule has 1 heterocycles. The van der Waals surface area contributed by atoms with Crippen LogP contribution in [0.3, 0.4) is 0 Å². The molecular formula is C25H32N2O2S. The Morgan fingerprint density at radius 2 is 1.90 bits per heavy atom. The van der Waals surface area contributed by atoms with Crippen LogP contribution < -0.4 is 10.1 Å². The molecule has 1 amide bonds. The molecule has 2 aliphatic carbocycles. The van der Waals surface area contributed by atoms with Gasteiger partial charge in [0.05, 0.1) is 12.2 Å². The smallest absolute Gasteiger partial charge is 0.254 e. The fourth-order valence-electron chi connectivity index (χ4n) is 4.38. The number of carbonyl (C=O) groups is 1. The molecule has 1 N–H and O–H groups in total. The maximum Gasteiger partial charge on any atom is 0.254 e. The van der Waals surface area contributed by atoms with Crippen molar-refractivity contribution >= 4 is 28.5 Å². The van der Waals surface area contributed by atoms with Crippen LogP contribution in [0.15, 0.2) is 29.3 Å². The van der Waals surface area contributed by atoms with Gasteiger partial charge in [-0.2, -0.15) is 0 Å². The van der Waals surface area contributed by atoms with Crippen LogP contribution >= 0.6 is 11.3 Å². The first-order valence-corrected chi connectivity index (χ1v) is 12.3. The molecule has 1 aromatic heterocycles. The molecule has 4 nitrogen and oxygen atoms in total. The molecule has 5 heteroatoms. The molecule has 0 aliphatic heterocycles. The van der Waals surface area contributed by atoms with Gasteiger partial charge >= 0.3 is 0 Å². The molecule has 0 atom stereocenters. The lowest BCUT2D eigenvalue weighted by Crippen LogP contribution is -2.36. The number of nitrogens with zero attached hydrogens (tertiary/aromatic N) is 1. The van der Waals surface area contributed by atoms with E-state index < -0.39 is 0 Å². The minimum absolute atomic E-state index is 0.0803. The summed E-state index contributed by atoms with van der Waals surface area (Å²) >= 11 is 1.70. The summed E-state index contributed by atoms with van der Waals surface area (Å²) in [5.41, 5.74) is 3.10. The minimum atomic E-state index is 0.0803. The first-order valence-electron chi connectivity index (χ1n) is 11.5. The molecule has 1 aromatic carbocycles. The molecule has 2 aromatic rings. The van der Waals surface area contributed by atoms with Crippen molar-refractivity contribution in [3.8, 4) is 5.75 Å². The highest BCUT2D eigenvalue weighted by molar-refractivity contribution is 7.16. The van der Waals surface area contributed by atoms with Gasteiger partial charge in [0.2, 0.25) is 0 Å². The fourth-order valence-corrected chi connectivity index (χ4v) is 5.61. The van der Waals surface area contributed by atoms with Gasteiger partial charge in [-0.25, -0.2) is 4.99 Å². The van der Waals surface area contributed by atoms with Crippen LogP contribution in [-0.4, -0.2) is 24.8 Å². The summed E-state index contributed by atoms with van der Waals surface area (Å²) in [6, 6.07) is 8.31. The Morgan fingerprint density at radius 1 is 1.13 bits per heavy atom. The SMILES string of the molecule is CCCOc1ccc(C=Nc2sc3c(c2C(=O)NC2CCCCC2)CCCC3)cc1. The Hall–Kier alpha value is -2.14. The maximum atomic E-state index is 13.2. The van der Waals surface area contributed by atoms with Crippen LogP contribution in [0.4, 0.5) is 5.00 Å². The summed E-state index contributed by atoms with van der Waals surface area (Å²) in [4.78, 5) is 19.4. The van der Waals surface area contributed by atoms with Gasteiger partial charge in [-0.05, 0) is 80.3 Å². The van der Waals surface area contributed by atoms with Gasteiger partial charge in [0, 0.05) is 17.1 Å².